The van der Waals surface area contributed by atoms with E-state index in [1.165, 1.54) is 0 Å². The van der Waals surface area contributed by atoms with Crippen LogP contribution in [0.25, 0.3) is 0 Å². The second-order valence-electron chi connectivity index (χ2n) is 5.93. The Morgan fingerprint density at radius 3 is 2.68 bits per heavy atom. The van der Waals surface area contributed by atoms with Gasteiger partial charge in [-0.15, -0.1) is 0 Å². The minimum atomic E-state index is -1.13. The molecule has 108 valence electrons. The van der Waals surface area contributed by atoms with E-state index in [-0.39, 0.29) is 5.91 Å². The summed E-state index contributed by atoms with van der Waals surface area (Å²) in [5, 5.41) is 24.5. The van der Waals surface area contributed by atoms with Crippen LogP contribution in [-0.4, -0.2) is 46.3 Å². The standard InChI is InChI=1S/C13H22N2O4/c1-8-3-2-4-13(6-8,12(18)19)15-11(17)10-5-9(16)7-14-10/h8-10,14,16H,2-7H2,1H3,(H,15,17)(H,18,19). The van der Waals surface area contributed by atoms with E-state index in [1.807, 2.05) is 6.92 Å². The van der Waals surface area contributed by atoms with Crippen molar-refractivity contribution in [1.82, 2.24) is 10.6 Å². The lowest BCUT2D eigenvalue weighted by molar-refractivity contribution is -0.150. The number of hydrogen-bond donors (Lipinski definition) is 4. The van der Waals surface area contributed by atoms with Crippen LogP contribution in [0.15, 0.2) is 0 Å². The number of carboxylic acids is 1. The van der Waals surface area contributed by atoms with Crippen LogP contribution in [0.4, 0.5) is 0 Å². The highest BCUT2D eigenvalue weighted by Crippen LogP contribution is 2.32. The van der Waals surface area contributed by atoms with Gasteiger partial charge in [-0.2, -0.15) is 0 Å². The van der Waals surface area contributed by atoms with Crippen molar-refractivity contribution in [1.29, 1.82) is 0 Å². The van der Waals surface area contributed by atoms with Gasteiger partial charge in [0.25, 0.3) is 0 Å². The lowest BCUT2D eigenvalue weighted by Gasteiger charge is -2.37. The van der Waals surface area contributed by atoms with Gasteiger partial charge in [-0.25, -0.2) is 4.79 Å². The maximum atomic E-state index is 12.1. The van der Waals surface area contributed by atoms with Gasteiger partial charge >= 0.3 is 5.97 Å². The highest BCUT2D eigenvalue weighted by atomic mass is 16.4. The Morgan fingerprint density at radius 1 is 1.42 bits per heavy atom. The number of aliphatic carboxylic acids is 1. The summed E-state index contributed by atoms with van der Waals surface area (Å²) in [7, 11) is 0. The number of aliphatic hydroxyl groups excluding tert-OH is 1. The molecule has 0 spiro atoms. The second kappa shape index (κ2) is 5.46. The fraction of sp³-hybridized carbons (Fsp3) is 0.846. The largest absolute Gasteiger partial charge is 0.480 e. The first-order valence-electron chi connectivity index (χ1n) is 6.90. The van der Waals surface area contributed by atoms with Crippen LogP contribution in [-0.2, 0) is 9.59 Å². The van der Waals surface area contributed by atoms with Gasteiger partial charge in [0.1, 0.15) is 5.54 Å². The van der Waals surface area contributed by atoms with Crippen molar-refractivity contribution >= 4 is 11.9 Å². The molecule has 4 atom stereocenters. The van der Waals surface area contributed by atoms with Crippen LogP contribution in [0, 0.1) is 5.92 Å². The summed E-state index contributed by atoms with van der Waals surface area (Å²) in [5.41, 5.74) is -1.13. The first kappa shape index (κ1) is 14.3. The Labute approximate surface area is 112 Å². The fourth-order valence-electron chi connectivity index (χ4n) is 3.15. The van der Waals surface area contributed by atoms with Crippen LogP contribution in [0.3, 0.4) is 0 Å². The third kappa shape index (κ3) is 3.06. The van der Waals surface area contributed by atoms with Gasteiger partial charge in [0.2, 0.25) is 5.91 Å². The summed E-state index contributed by atoms with van der Waals surface area (Å²) in [5.74, 6) is -0.966. The molecule has 2 fully saturated rings. The Kier molecular flexibility index (Phi) is 4.10. The van der Waals surface area contributed by atoms with Crippen LogP contribution in [0.1, 0.15) is 39.0 Å². The maximum absolute atomic E-state index is 12.1. The predicted molar refractivity (Wildman–Crippen MR) is 68.6 cm³/mol. The minimum Gasteiger partial charge on any atom is -0.480 e. The van der Waals surface area contributed by atoms with Crippen molar-refractivity contribution in [2.75, 3.05) is 6.54 Å². The summed E-state index contributed by atoms with van der Waals surface area (Å²) >= 11 is 0. The predicted octanol–water partition coefficient (Wildman–Crippen LogP) is -0.141. The quantitative estimate of drug-likeness (QED) is 0.572. The number of aliphatic hydroxyl groups is 1. The lowest BCUT2D eigenvalue weighted by atomic mass is 9.76. The Bertz CT molecular complexity index is 374. The molecule has 1 heterocycles. The van der Waals surface area contributed by atoms with Crippen molar-refractivity contribution in [3.05, 3.63) is 0 Å². The number of carbonyl (C=O) groups is 2. The van der Waals surface area contributed by atoms with E-state index in [9.17, 15) is 19.8 Å². The summed E-state index contributed by atoms with van der Waals surface area (Å²) in [6, 6.07) is -0.483. The van der Waals surface area contributed by atoms with Crippen LogP contribution in [0.5, 0.6) is 0 Å². The van der Waals surface area contributed by atoms with E-state index < -0.39 is 23.7 Å². The second-order valence-corrected chi connectivity index (χ2v) is 5.93. The fourth-order valence-corrected chi connectivity index (χ4v) is 3.15. The molecule has 0 radical (unpaired) electrons. The number of nitrogens with one attached hydrogen (secondary N) is 2. The zero-order valence-corrected chi connectivity index (χ0v) is 11.2. The number of rotatable bonds is 3. The third-order valence-corrected chi connectivity index (χ3v) is 4.19. The van der Waals surface area contributed by atoms with Crippen molar-refractivity contribution in [2.24, 2.45) is 5.92 Å². The van der Waals surface area contributed by atoms with E-state index in [0.29, 0.717) is 31.7 Å². The Morgan fingerprint density at radius 2 is 2.16 bits per heavy atom. The van der Waals surface area contributed by atoms with Crippen LogP contribution >= 0.6 is 0 Å². The molecule has 2 aliphatic rings. The average molecular weight is 270 g/mol. The SMILES string of the molecule is CC1CCCC(NC(=O)C2CC(O)CN2)(C(=O)O)C1. The molecule has 1 aliphatic carbocycles. The monoisotopic (exact) mass is 270 g/mol. The molecule has 6 nitrogen and oxygen atoms in total. The molecular weight excluding hydrogens is 248 g/mol. The number of β-amino-alcohol motifs (C(OH)–C–C–N with tert-alkyl or cyclic N) is 1. The van der Waals surface area contributed by atoms with E-state index in [2.05, 4.69) is 10.6 Å². The number of hydrogen-bond acceptors (Lipinski definition) is 4. The van der Waals surface area contributed by atoms with Gasteiger partial charge in [0, 0.05) is 6.54 Å². The molecule has 1 aliphatic heterocycles. The van der Waals surface area contributed by atoms with Gasteiger partial charge in [0.15, 0.2) is 0 Å². The van der Waals surface area contributed by atoms with Gasteiger partial charge in [-0.1, -0.05) is 19.8 Å². The molecule has 2 rings (SSSR count). The summed E-state index contributed by atoms with van der Waals surface area (Å²) < 4.78 is 0. The first-order valence-corrected chi connectivity index (χ1v) is 6.90. The van der Waals surface area contributed by atoms with E-state index >= 15 is 0 Å². The van der Waals surface area contributed by atoms with Crippen LogP contribution < -0.4 is 10.6 Å². The van der Waals surface area contributed by atoms with Crippen molar-refractivity contribution in [3.8, 4) is 0 Å². The highest BCUT2D eigenvalue weighted by Gasteiger charge is 2.44. The molecule has 4 N–H and O–H groups in total. The lowest BCUT2D eigenvalue weighted by Crippen LogP contribution is -2.59. The van der Waals surface area contributed by atoms with E-state index in [0.717, 1.165) is 12.8 Å². The zero-order valence-electron chi connectivity index (χ0n) is 11.2. The van der Waals surface area contributed by atoms with Gasteiger partial charge < -0.3 is 20.8 Å². The molecule has 0 aromatic rings. The zero-order chi connectivity index (χ0) is 14.0. The Balaban J connectivity index is 2.04. The topological polar surface area (TPSA) is 98.7 Å². The number of carbonyl (C=O) groups excluding carboxylic acids is 1. The highest BCUT2D eigenvalue weighted by molar-refractivity contribution is 5.90. The molecule has 1 saturated carbocycles. The van der Waals surface area contributed by atoms with Crippen LogP contribution in [0.2, 0.25) is 0 Å². The summed E-state index contributed by atoms with van der Waals surface area (Å²) in [4.78, 5) is 23.7. The van der Waals surface area contributed by atoms with Crippen molar-refractivity contribution in [2.45, 2.75) is 56.7 Å². The Hall–Kier alpha value is -1.14. The molecule has 0 aromatic heterocycles. The average Bonchev–Trinajstić information content (AvgIpc) is 2.75. The first-order chi connectivity index (χ1) is 8.93. The summed E-state index contributed by atoms with van der Waals surface area (Å²) in [6.45, 7) is 2.40. The summed E-state index contributed by atoms with van der Waals surface area (Å²) in [6.07, 6.45) is 2.59. The van der Waals surface area contributed by atoms with Crippen molar-refractivity contribution < 1.29 is 19.8 Å². The van der Waals surface area contributed by atoms with Crippen molar-refractivity contribution in [3.63, 3.8) is 0 Å². The molecule has 1 saturated heterocycles. The molecular formula is C13H22N2O4. The van der Waals surface area contributed by atoms with Gasteiger partial charge in [0.05, 0.1) is 12.1 Å². The molecule has 0 aromatic carbocycles. The third-order valence-electron chi connectivity index (χ3n) is 4.19. The van der Waals surface area contributed by atoms with Gasteiger partial charge in [-0.05, 0) is 25.2 Å². The molecule has 4 unspecified atom stereocenters. The van der Waals surface area contributed by atoms with E-state index in [4.69, 9.17) is 0 Å². The number of carboxylic acid groups (broad SMARTS) is 1. The number of amides is 1. The smallest absolute Gasteiger partial charge is 0.329 e. The van der Waals surface area contributed by atoms with Gasteiger partial charge in [-0.3, -0.25) is 4.79 Å². The normalized spacial score (nSPS) is 38.9. The molecule has 19 heavy (non-hydrogen) atoms. The molecule has 6 heteroatoms. The molecule has 1 amide bonds. The minimum absolute atomic E-state index is 0.298. The van der Waals surface area contributed by atoms with E-state index in [1.54, 1.807) is 0 Å². The maximum Gasteiger partial charge on any atom is 0.329 e. The molecule has 0 bridgehead atoms.